The van der Waals surface area contributed by atoms with Crippen molar-refractivity contribution >= 4 is 0 Å². The van der Waals surface area contributed by atoms with Gasteiger partial charge in [-0.2, -0.15) is 0 Å². The van der Waals surface area contributed by atoms with Gasteiger partial charge in [0, 0.05) is 6.04 Å². The molecule has 52 valence electrons. The van der Waals surface area contributed by atoms with Gasteiger partial charge in [-0.15, -0.1) is 6.58 Å². The summed E-state index contributed by atoms with van der Waals surface area (Å²) in [5, 5.41) is 3.29. The van der Waals surface area contributed by atoms with Crippen molar-refractivity contribution in [3.05, 3.63) is 12.7 Å². The fraction of sp³-hybridized carbons (Fsp3) is 0.750. The Balaban J connectivity index is 2.41. The number of hydrogen-bond donors (Lipinski definition) is 1. The Morgan fingerprint density at radius 2 is 2.33 bits per heavy atom. The molecule has 0 spiro atoms. The van der Waals surface area contributed by atoms with Gasteiger partial charge in [0.05, 0.1) is 0 Å². The number of hydrogen-bond acceptors (Lipinski definition) is 1. The molecule has 1 aliphatic carbocycles. The molecule has 2 atom stereocenters. The van der Waals surface area contributed by atoms with E-state index in [4.69, 9.17) is 0 Å². The average Bonchev–Trinajstić information content (AvgIpc) is 2.33. The van der Waals surface area contributed by atoms with Crippen LogP contribution in [0.5, 0.6) is 0 Å². The van der Waals surface area contributed by atoms with Crippen LogP contribution in [-0.2, 0) is 0 Å². The summed E-state index contributed by atoms with van der Waals surface area (Å²) in [5.41, 5.74) is 0. The third-order valence-corrected chi connectivity index (χ3v) is 2.24. The normalized spacial score (nSPS) is 34.8. The summed E-state index contributed by atoms with van der Waals surface area (Å²) in [4.78, 5) is 0. The molecule has 0 heterocycles. The van der Waals surface area contributed by atoms with Gasteiger partial charge >= 0.3 is 0 Å². The highest BCUT2D eigenvalue weighted by Crippen LogP contribution is 2.25. The molecule has 0 saturated heterocycles. The van der Waals surface area contributed by atoms with E-state index >= 15 is 0 Å². The molecule has 9 heavy (non-hydrogen) atoms. The van der Waals surface area contributed by atoms with Crippen molar-refractivity contribution in [2.75, 3.05) is 7.05 Å². The van der Waals surface area contributed by atoms with Gasteiger partial charge in [-0.05, 0) is 25.8 Å². The first kappa shape index (κ1) is 6.81. The van der Waals surface area contributed by atoms with E-state index in [1.54, 1.807) is 0 Å². The fourth-order valence-electron chi connectivity index (χ4n) is 1.63. The minimum atomic E-state index is 0.711. The second kappa shape index (κ2) is 3.02. The molecule has 0 aromatic carbocycles. The highest BCUT2D eigenvalue weighted by Gasteiger charge is 2.22. The maximum absolute atomic E-state index is 3.80. The van der Waals surface area contributed by atoms with Crippen molar-refractivity contribution < 1.29 is 0 Å². The molecule has 0 aliphatic heterocycles. The highest BCUT2D eigenvalue weighted by atomic mass is 14.9. The van der Waals surface area contributed by atoms with Crippen molar-refractivity contribution in [3.8, 4) is 0 Å². The minimum Gasteiger partial charge on any atom is -0.316 e. The van der Waals surface area contributed by atoms with E-state index in [2.05, 4.69) is 18.0 Å². The summed E-state index contributed by atoms with van der Waals surface area (Å²) in [5.74, 6) is 0.731. The molecule has 1 saturated carbocycles. The van der Waals surface area contributed by atoms with Gasteiger partial charge in [0.15, 0.2) is 0 Å². The van der Waals surface area contributed by atoms with Crippen LogP contribution in [0.2, 0.25) is 0 Å². The lowest BCUT2D eigenvalue weighted by Crippen LogP contribution is -2.27. The molecule has 1 fully saturated rings. The topological polar surface area (TPSA) is 12.0 Å². The van der Waals surface area contributed by atoms with Crippen molar-refractivity contribution in [1.29, 1.82) is 0 Å². The van der Waals surface area contributed by atoms with Gasteiger partial charge in [0.2, 0.25) is 0 Å². The van der Waals surface area contributed by atoms with E-state index < -0.39 is 0 Å². The Morgan fingerprint density at radius 3 is 2.78 bits per heavy atom. The van der Waals surface area contributed by atoms with E-state index in [9.17, 15) is 0 Å². The lowest BCUT2D eigenvalue weighted by atomic mass is 10.0. The van der Waals surface area contributed by atoms with Crippen LogP contribution < -0.4 is 5.32 Å². The van der Waals surface area contributed by atoms with Crippen LogP contribution >= 0.6 is 0 Å². The lowest BCUT2D eigenvalue weighted by molar-refractivity contribution is 0.499. The summed E-state index contributed by atoms with van der Waals surface area (Å²) in [6.07, 6.45) is 6.10. The summed E-state index contributed by atoms with van der Waals surface area (Å²) in [6, 6.07) is 0.711. The molecule has 0 aromatic heterocycles. The zero-order chi connectivity index (χ0) is 6.69. The zero-order valence-electron chi connectivity index (χ0n) is 6.06. The van der Waals surface area contributed by atoms with Crippen molar-refractivity contribution in [1.82, 2.24) is 5.32 Å². The van der Waals surface area contributed by atoms with E-state index in [1.807, 2.05) is 7.05 Å². The third kappa shape index (κ3) is 1.33. The van der Waals surface area contributed by atoms with Crippen molar-refractivity contribution in [2.24, 2.45) is 5.92 Å². The number of rotatable bonds is 2. The standard InChI is InChI=1S/C8H15N/c1-3-7-5-4-6-8(7)9-2/h3,7-9H,1,4-6H2,2H3. The van der Waals surface area contributed by atoms with Crippen LogP contribution in [-0.4, -0.2) is 13.1 Å². The Labute approximate surface area is 57.1 Å². The first-order valence-electron chi connectivity index (χ1n) is 3.68. The van der Waals surface area contributed by atoms with E-state index in [0.29, 0.717) is 6.04 Å². The van der Waals surface area contributed by atoms with Gasteiger partial charge < -0.3 is 5.32 Å². The molecule has 1 N–H and O–H groups in total. The molecule has 1 aliphatic rings. The van der Waals surface area contributed by atoms with Crippen LogP contribution in [0.15, 0.2) is 12.7 Å². The molecular weight excluding hydrogens is 110 g/mol. The van der Waals surface area contributed by atoms with Crippen molar-refractivity contribution in [3.63, 3.8) is 0 Å². The lowest BCUT2D eigenvalue weighted by Gasteiger charge is -2.13. The summed E-state index contributed by atoms with van der Waals surface area (Å²) >= 11 is 0. The smallest absolute Gasteiger partial charge is 0.0127 e. The molecule has 0 amide bonds. The molecular formula is C8H15N. The van der Waals surface area contributed by atoms with Gasteiger partial charge in [-0.3, -0.25) is 0 Å². The molecule has 1 rings (SSSR count). The Bertz CT molecular complexity index is 98.7. The number of nitrogens with one attached hydrogen (secondary N) is 1. The average molecular weight is 125 g/mol. The first-order chi connectivity index (χ1) is 4.38. The Morgan fingerprint density at radius 1 is 1.56 bits per heavy atom. The van der Waals surface area contributed by atoms with E-state index in [-0.39, 0.29) is 0 Å². The molecule has 0 radical (unpaired) electrons. The largest absolute Gasteiger partial charge is 0.316 e. The van der Waals surface area contributed by atoms with E-state index in [1.165, 1.54) is 19.3 Å². The van der Waals surface area contributed by atoms with Gasteiger partial charge in [0.1, 0.15) is 0 Å². The van der Waals surface area contributed by atoms with Gasteiger partial charge in [0.25, 0.3) is 0 Å². The van der Waals surface area contributed by atoms with Crippen LogP contribution in [0.1, 0.15) is 19.3 Å². The molecule has 0 aromatic rings. The Hall–Kier alpha value is -0.300. The molecule has 1 heteroatoms. The first-order valence-corrected chi connectivity index (χ1v) is 3.68. The summed E-state index contributed by atoms with van der Waals surface area (Å²) in [7, 11) is 2.03. The predicted octanol–water partition coefficient (Wildman–Crippen LogP) is 1.56. The second-order valence-corrected chi connectivity index (χ2v) is 2.73. The van der Waals surface area contributed by atoms with Crippen LogP contribution in [0.25, 0.3) is 0 Å². The van der Waals surface area contributed by atoms with Crippen LogP contribution in [0.4, 0.5) is 0 Å². The van der Waals surface area contributed by atoms with Crippen LogP contribution in [0, 0.1) is 5.92 Å². The molecule has 2 unspecified atom stereocenters. The fourth-order valence-corrected chi connectivity index (χ4v) is 1.63. The minimum absolute atomic E-state index is 0.711. The Kier molecular flexibility index (Phi) is 2.29. The highest BCUT2D eigenvalue weighted by molar-refractivity contribution is 4.92. The summed E-state index contributed by atoms with van der Waals surface area (Å²) in [6.45, 7) is 3.80. The SMILES string of the molecule is C=CC1CCCC1NC. The molecule has 1 nitrogen and oxygen atoms in total. The maximum atomic E-state index is 3.80. The quantitative estimate of drug-likeness (QED) is 0.552. The predicted molar refractivity (Wildman–Crippen MR) is 40.4 cm³/mol. The van der Waals surface area contributed by atoms with Gasteiger partial charge in [-0.25, -0.2) is 0 Å². The molecule has 0 bridgehead atoms. The third-order valence-electron chi connectivity index (χ3n) is 2.24. The van der Waals surface area contributed by atoms with Crippen LogP contribution in [0.3, 0.4) is 0 Å². The monoisotopic (exact) mass is 125 g/mol. The van der Waals surface area contributed by atoms with Crippen molar-refractivity contribution in [2.45, 2.75) is 25.3 Å². The van der Waals surface area contributed by atoms with Gasteiger partial charge in [-0.1, -0.05) is 12.5 Å². The second-order valence-electron chi connectivity index (χ2n) is 2.73. The summed E-state index contributed by atoms with van der Waals surface area (Å²) < 4.78 is 0. The zero-order valence-corrected chi connectivity index (χ0v) is 6.06. The van der Waals surface area contributed by atoms with E-state index in [0.717, 1.165) is 5.92 Å². The maximum Gasteiger partial charge on any atom is 0.0127 e.